The first-order valence-corrected chi connectivity index (χ1v) is 8.35. The van der Waals surface area contributed by atoms with Crippen LogP contribution in [0, 0.1) is 0 Å². The molecule has 0 saturated heterocycles. The molecule has 2 aromatic carbocycles. The smallest absolute Gasteiger partial charge is 0.254 e. The zero-order valence-electron chi connectivity index (χ0n) is 15.2. The van der Waals surface area contributed by atoms with Crippen molar-refractivity contribution in [2.24, 2.45) is 5.16 Å². The van der Waals surface area contributed by atoms with Crippen LogP contribution in [0.25, 0.3) is 0 Å². The maximum atomic E-state index is 12.5. The van der Waals surface area contributed by atoms with Crippen LogP contribution in [0.2, 0.25) is 0 Å². The molecule has 6 nitrogen and oxygen atoms in total. The maximum absolute atomic E-state index is 12.5. The van der Waals surface area contributed by atoms with Gasteiger partial charge in [-0.1, -0.05) is 42.4 Å². The second-order valence-electron chi connectivity index (χ2n) is 5.76. The molecule has 0 saturated carbocycles. The fourth-order valence-corrected chi connectivity index (χ4v) is 2.47. The molecular weight excluding hydrogens is 330 g/mol. The number of likely N-dealkylation sites (N-methyl/N-ethyl adjacent to an activating group) is 1. The molecule has 0 radical (unpaired) electrons. The molecule has 6 heteroatoms. The molecular formula is C20H23N3O3. The minimum atomic E-state index is -0.231. The summed E-state index contributed by atoms with van der Waals surface area (Å²) in [5.74, 6) is -0.454. The number of anilines is 1. The highest BCUT2D eigenvalue weighted by Gasteiger charge is 2.15. The van der Waals surface area contributed by atoms with Gasteiger partial charge in [-0.25, -0.2) is 0 Å². The van der Waals surface area contributed by atoms with Crippen LogP contribution in [0.3, 0.4) is 0 Å². The van der Waals surface area contributed by atoms with Gasteiger partial charge >= 0.3 is 0 Å². The lowest BCUT2D eigenvalue weighted by Gasteiger charge is -2.17. The van der Waals surface area contributed by atoms with Crippen LogP contribution in [0.1, 0.15) is 28.4 Å². The standard InChI is InChI=1S/C20H23N3O3/c1-4-16-7-5-6-8-18(16)22-19(24)14-23(2)20(25)17-11-9-15(10-12-17)13-21-26-3/h5-13H,4,14H2,1-3H3,(H,22,24)/b21-13+. The quantitative estimate of drug-likeness (QED) is 0.614. The molecule has 0 fully saturated rings. The fraction of sp³-hybridized carbons (Fsp3) is 0.250. The molecule has 26 heavy (non-hydrogen) atoms. The number of aryl methyl sites for hydroxylation is 1. The lowest BCUT2D eigenvalue weighted by atomic mass is 10.1. The van der Waals surface area contributed by atoms with Crippen LogP contribution in [0.15, 0.2) is 53.7 Å². The Kier molecular flexibility index (Phi) is 6.91. The number of hydrogen-bond acceptors (Lipinski definition) is 4. The zero-order valence-corrected chi connectivity index (χ0v) is 15.2. The lowest BCUT2D eigenvalue weighted by molar-refractivity contribution is -0.116. The Morgan fingerprint density at radius 1 is 1.15 bits per heavy atom. The Balaban J connectivity index is 1.97. The first-order chi connectivity index (χ1) is 12.5. The molecule has 0 bridgehead atoms. The summed E-state index contributed by atoms with van der Waals surface area (Å²) in [6.07, 6.45) is 2.38. The molecule has 2 amide bonds. The second-order valence-corrected chi connectivity index (χ2v) is 5.76. The van der Waals surface area contributed by atoms with E-state index in [1.165, 1.54) is 12.0 Å². The van der Waals surface area contributed by atoms with Gasteiger partial charge in [0.15, 0.2) is 0 Å². The van der Waals surface area contributed by atoms with E-state index in [9.17, 15) is 9.59 Å². The van der Waals surface area contributed by atoms with Gasteiger partial charge in [0.05, 0.1) is 12.8 Å². The Morgan fingerprint density at radius 3 is 2.50 bits per heavy atom. The summed E-state index contributed by atoms with van der Waals surface area (Å²) in [6, 6.07) is 14.6. The van der Waals surface area contributed by atoms with Gasteiger partial charge in [-0.15, -0.1) is 0 Å². The van der Waals surface area contributed by atoms with Crippen LogP contribution in [-0.4, -0.2) is 43.6 Å². The SMILES string of the molecule is CCc1ccccc1NC(=O)CN(C)C(=O)c1ccc(/C=N/OC)cc1. The Bertz CT molecular complexity index is 785. The molecule has 0 unspecified atom stereocenters. The van der Waals surface area contributed by atoms with Crippen molar-refractivity contribution in [1.29, 1.82) is 0 Å². The van der Waals surface area contributed by atoms with Crippen LogP contribution >= 0.6 is 0 Å². The van der Waals surface area contributed by atoms with Crippen molar-refractivity contribution < 1.29 is 14.4 Å². The van der Waals surface area contributed by atoms with Crippen molar-refractivity contribution in [1.82, 2.24) is 4.90 Å². The minimum absolute atomic E-state index is 0.0240. The molecule has 0 aliphatic rings. The molecule has 1 N–H and O–H groups in total. The van der Waals surface area contributed by atoms with Crippen molar-refractivity contribution in [3.8, 4) is 0 Å². The fourth-order valence-electron chi connectivity index (χ4n) is 2.47. The third kappa shape index (κ3) is 5.17. The molecule has 0 heterocycles. The zero-order chi connectivity index (χ0) is 18.9. The van der Waals surface area contributed by atoms with E-state index in [2.05, 4.69) is 15.3 Å². The molecule has 0 aliphatic heterocycles. The summed E-state index contributed by atoms with van der Waals surface area (Å²) < 4.78 is 0. The van der Waals surface area contributed by atoms with Gasteiger partial charge in [0, 0.05) is 18.3 Å². The van der Waals surface area contributed by atoms with E-state index in [-0.39, 0.29) is 18.4 Å². The van der Waals surface area contributed by atoms with E-state index in [4.69, 9.17) is 0 Å². The molecule has 2 rings (SSSR count). The number of oxime groups is 1. The molecule has 0 aromatic heterocycles. The van der Waals surface area contributed by atoms with E-state index >= 15 is 0 Å². The molecule has 0 atom stereocenters. The number of nitrogens with one attached hydrogen (secondary N) is 1. The van der Waals surface area contributed by atoms with Crippen molar-refractivity contribution >= 4 is 23.7 Å². The third-order valence-electron chi connectivity index (χ3n) is 3.86. The predicted octanol–water partition coefficient (Wildman–Crippen LogP) is 2.94. The van der Waals surface area contributed by atoms with Crippen LogP contribution in [0.4, 0.5) is 5.69 Å². The summed E-state index contributed by atoms with van der Waals surface area (Å²) >= 11 is 0. The number of nitrogens with zero attached hydrogens (tertiary/aromatic N) is 2. The highest BCUT2D eigenvalue weighted by atomic mass is 16.6. The van der Waals surface area contributed by atoms with Crippen LogP contribution in [-0.2, 0) is 16.1 Å². The summed E-state index contributed by atoms with van der Waals surface area (Å²) in [5.41, 5.74) is 3.16. The number of carbonyl (C=O) groups is 2. The Hall–Kier alpha value is -3.15. The number of rotatable bonds is 7. The highest BCUT2D eigenvalue weighted by Crippen LogP contribution is 2.15. The summed E-state index contributed by atoms with van der Waals surface area (Å²) in [7, 11) is 3.07. The second kappa shape index (κ2) is 9.36. The summed E-state index contributed by atoms with van der Waals surface area (Å²) in [6.45, 7) is 2.01. The maximum Gasteiger partial charge on any atom is 0.254 e. The van der Waals surface area contributed by atoms with Crippen molar-refractivity contribution in [2.45, 2.75) is 13.3 Å². The first kappa shape index (κ1) is 19.2. The Morgan fingerprint density at radius 2 is 1.85 bits per heavy atom. The predicted molar refractivity (Wildman–Crippen MR) is 102 cm³/mol. The number of amides is 2. The van der Waals surface area contributed by atoms with Gasteiger partial charge in [0.2, 0.25) is 5.91 Å². The summed E-state index contributed by atoms with van der Waals surface area (Å²) in [5, 5.41) is 6.54. The molecule has 0 spiro atoms. The van der Waals surface area contributed by atoms with Gasteiger partial charge in [0.1, 0.15) is 7.11 Å². The number of hydrogen-bond donors (Lipinski definition) is 1. The van der Waals surface area contributed by atoms with Crippen molar-refractivity contribution in [3.63, 3.8) is 0 Å². The topological polar surface area (TPSA) is 71.0 Å². The van der Waals surface area contributed by atoms with E-state index in [1.54, 1.807) is 37.5 Å². The highest BCUT2D eigenvalue weighted by molar-refractivity contribution is 5.99. The van der Waals surface area contributed by atoms with E-state index in [1.807, 2.05) is 31.2 Å². The van der Waals surface area contributed by atoms with Crippen molar-refractivity contribution in [3.05, 3.63) is 65.2 Å². The minimum Gasteiger partial charge on any atom is -0.399 e. The number of benzene rings is 2. The van der Waals surface area contributed by atoms with Gasteiger partial charge in [0.25, 0.3) is 5.91 Å². The third-order valence-corrected chi connectivity index (χ3v) is 3.86. The number of carbonyl (C=O) groups excluding carboxylic acids is 2. The van der Waals surface area contributed by atoms with E-state index in [0.29, 0.717) is 5.56 Å². The van der Waals surface area contributed by atoms with Crippen molar-refractivity contribution in [2.75, 3.05) is 26.0 Å². The lowest BCUT2D eigenvalue weighted by Crippen LogP contribution is -2.35. The van der Waals surface area contributed by atoms with Crippen LogP contribution in [0.5, 0.6) is 0 Å². The van der Waals surface area contributed by atoms with Gasteiger partial charge < -0.3 is 15.1 Å². The normalized spacial score (nSPS) is 10.6. The Labute approximate surface area is 153 Å². The number of para-hydroxylation sites is 1. The van der Waals surface area contributed by atoms with E-state index < -0.39 is 0 Å². The summed E-state index contributed by atoms with van der Waals surface area (Å²) in [4.78, 5) is 30.7. The largest absolute Gasteiger partial charge is 0.399 e. The first-order valence-electron chi connectivity index (χ1n) is 8.35. The molecule has 136 valence electrons. The molecule has 0 aliphatic carbocycles. The average molecular weight is 353 g/mol. The molecule has 2 aromatic rings. The monoisotopic (exact) mass is 353 g/mol. The van der Waals surface area contributed by atoms with Gasteiger partial charge in [-0.05, 0) is 35.7 Å². The van der Waals surface area contributed by atoms with Gasteiger partial charge in [-0.3, -0.25) is 9.59 Å². The van der Waals surface area contributed by atoms with Crippen LogP contribution < -0.4 is 5.32 Å². The van der Waals surface area contributed by atoms with E-state index in [0.717, 1.165) is 23.2 Å². The van der Waals surface area contributed by atoms with Gasteiger partial charge in [-0.2, -0.15) is 0 Å². The average Bonchev–Trinajstić information content (AvgIpc) is 2.66.